The third-order valence-corrected chi connectivity index (χ3v) is 6.58. The van der Waals surface area contributed by atoms with Crippen LogP contribution in [-0.4, -0.2) is 51.7 Å². The molecule has 33 heavy (non-hydrogen) atoms. The summed E-state index contributed by atoms with van der Waals surface area (Å²) in [4.78, 5) is 9.19. The lowest BCUT2D eigenvalue weighted by molar-refractivity contribution is 0.184. The van der Waals surface area contributed by atoms with Crippen LogP contribution in [0.1, 0.15) is 35.7 Å². The summed E-state index contributed by atoms with van der Waals surface area (Å²) in [6.07, 6.45) is 4.77. The highest BCUT2D eigenvalue weighted by molar-refractivity contribution is 5.76. The molecule has 1 atom stereocenters. The number of anilines is 3. The predicted octanol–water partition coefficient (Wildman–Crippen LogP) is 2.77. The third kappa shape index (κ3) is 3.71. The molecule has 1 aromatic carbocycles. The molecule has 9 nitrogen and oxygen atoms in total. The quantitative estimate of drug-likeness (QED) is 0.508. The number of aliphatic hydroxyl groups excluding tert-OH is 1. The van der Waals surface area contributed by atoms with E-state index >= 15 is 0 Å². The van der Waals surface area contributed by atoms with Crippen molar-refractivity contribution in [2.24, 2.45) is 0 Å². The van der Waals surface area contributed by atoms with Gasteiger partial charge in [-0.05, 0) is 43.0 Å². The summed E-state index contributed by atoms with van der Waals surface area (Å²) in [5.74, 6) is 1.39. The van der Waals surface area contributed by atoms with Crippen molar-refractivity contribution >= 4 is 17.5 Å². The fraction of sp³-hybridized carbons (Fsp3) is 0.417. The van der Waals surface area contributed by atoms with Crippen molar-refractivity contribution in [3.05, 3.63) is 46.8 Å². The summed E-state index contributed by atoms with van der Waals surface area (Å²) in [5, 5.41) is 31.1. The van der Waals surface area contributed by atoms with Crippen LogP contribution in [0.15, 0.2) is 24.4 Å². The Hall–Kier alpha value is -3.48. The standard InChI is InChI=1S/C24H27N7O2/c1-24(14-32)13-27-21-16(12-25)10-15(11-18(21)24)19-6-7-26-23(28-19)29-22-17-4-3-5-20(17)30-31(22)8-9-33-2/h6-7,10-11,27,32H,3-5,8-9,13-14H2,1-2H3,(H,26,28,29)/t24-/m1/s1. The van der Waals surface area contributed by atoms with Crippen molar-refractivity contribution in [1.82, 2.24) is 19.7 Å². The van der Waals surface area contributed by atoms with Crippen LogP contribution in [0.25, 0.3) is 11.3 Å². The topological polar surface area (TPSA) is 121 Å². The van der Waals surface area contributed by atoms with Gasteiger partial charge in [-0.2, -0.15) is 10.4 Å². The summed E-state index contributed by atoms with van der Waals surface area (Å²) in [7, 11) is 1.68. The average Bonchev–Trinajstić information content (AvgIpc) is 3.52. The smallest absolute Gasteiger partial charge is 0.228 e. The van der Waals surface area contributed by atoms with Crippen molar-refractivity contribution in [3.8, 4) is 17.3 Å². The number of aromatic nitrogens is 4. The number of fused-ring (bicyclic) bond motifs is 2. The molecule has 0 fully saturated rings. The van der Waals surface area contributed by atoms with E-state index in [-0.39, 0.29) is 6.61 Å². The summed E-state index contributed by atoms with van der Waals surface area (Å²) in [6, 6.07) is 7.96. The van der Waals surface area contributed by atoms with Gasteiger partial charge in [0.25, 0.3) is 0 Å². The number of methoxy groups -OCH3 is 1. The van der Waals surface area contributed by atoms with Crippen LogP contribution < -0.4 is 10.6 Å². The first-order chi connectivity index (χ1) is 16.1. The second kappa shape index (κ2) is 8.46. The van der Waals surface area contributed by atoms with E-state index in [1.807, 2.05) is 29.8 Å². The second-order valence-electron chi connectivity index (χ2n) is 8.86. The Morgan fingerprint density at radius 3 is 3.03 bits per heavy atom. The van der Waals surface area contributed by atoms with Gasteiger partial charge in [0.15, 0.2) is 0 Å². The SMILES string of the molecule is COCCn1nc2c(c1Nc1nccc(-c3cc(C#N)c4c(c3)[C@@](C)(CO)CN4)n1)CCC2. The van der Waals surface area contributed by atoms with Crippen LogP contribution >= 0.6 is 0 Å². The van der Waals surface area contributed by atoms with Gasteiger partial charge in [-0.1, -0.05) is 6.92 Å². The van der Waals surface area contributed by atoms with E-state index in [9.17, 15) is 10.4 Å². The van der Waals surface area contributed by atoms with Crippen LogP contribution in [0.5, 0.6) is 0 Å². The van der Waals surface area contributed by atoms with Crippen molar-refractivity contribution in [2.45, 2.75) is 38.1 Å². The zero-order chi connectivity index (χ0) is 23.0. The molecule has 0 saturated carbocycles. The van der Waals surface area contributed by atoms with Gasteiger partial charge in [0.2, 0.25) is 5.95 Å². The maximum Gasteiger partial charge on any atom is 0.228 e. The van der Waals surface area contributed by atoms with E-state index in [4.69, 9.17) is 14.8 Å². The van der Waals surface area contributed by atoms with Gasteiger partial charge < -0.3 is 20.5 Å². The molecule has 0 saturated heterocycles. The highest BCUT2D eigenvalue weighted by Gasteiger charge is 2.36. The second-order valence-corrected chi connectivity index (χ2v) is 8.86. The first kappa shape index (κ1) is 21.4. The Balaban J connectivity index is 1.51. The zero-order valence-corrected chi connectivity index (χ0v) is 18.9. The zero-order valence-electron chi connectivity index (χ0n) is 18.9. The fourth-order valence-corrected chi connectivity index (χ4v) is 4.67. The van der Waals surface area contributed by atoms with Gasteiger partial charge in [0.1, 0.15) is 11.9 Å². The molecule has 0 unspecified atom stereocenters. The lowest BCUT2D eigenvalue weighted by atomic mass is 9.83. The van der Waals surface area contributed by atoms with Crippen LogP contribution in [0.3, 0.4) is 0 Å². The normalized spacial score (nSPS) is 18.5. The van der Waals surface area contributed by atoms with Gasteiger partial charge >= 0.3 is 0 Å². The largest absolute Gasteiger partial charge is 0.395 e. The molecule has 3 heterocycles. The fourth-order valence-electron chi connectivity index (χ4n) is 4.67. The maximum absolute atomic E-state index is 9.97. The monoisotopic (exact) mass is 445 g/mol. The lowest BCUT2D eigenvalue weighted by Crippen LogP contribution is -2.28. The Labute approximate surface area is 192 Å². The number of nitriles is 1. The number of aliphatic hydroxyl groups is 1. The van der Waals surface area contributed by atoms with Gasteiger partial charge in [-0.15, -0.1) is 0 Å². The molecule has 5 rings (SSSR count). The van der Waals surface area contributed by atoms with Gasteiger partial charge in [-0.25, -0.2) is 14.6 Å². The minimum atomic E-state index is -0.445. The predicted molar refractivity (Wildman–Crippen MR) is 125 cm³/mol. The van der Waals surface area contributed by atoms with E-state index in [1.54, 1.807) is 13.3 Å². The molecule has 0 radical (unpaired) electrons. The molecule has 0 amide bonds. The van der Waals surface area contributed by atoms with Crippen LogP contribution in [0.2, 0.25) is 0 Å². The summed E-state index contributed by atoms with van der Waals surface area (Å²) in [5.41, 5.74) is 5.69. The summed E-state index contributed by atoms with van der Waals surface area (Å²) in [6.45, 7) is 3.79. The van der Waals surface area contributed by atoms with Crippen molar-refractivity contribution in [2.75, 3.05) is 37.5 Å². The highest BCUT2D eigenvalue weighted by atomic mass is 16.5. The average molecular weight is 446 g/mol. The minimum Gasteiger partial charge on any atom is -0.395 e. The third-order valence-electron chi connectivity index (χ3n) is 6.58. The molecule has 3 N–H and O–H groups in total. The number of hydrogen-bond acceptors (Lipinski definition) is 8. The van der Waals surface area contributed by atoms with Crippen molar-refractivity contribution < 1.29 is 9.84 Å². The van der Waals surface area contributed by atoms with Crippen molar-refractivity contribution in [1.29, 1.82) is 5.26 Å². The minimum absolute atomic E-state index is 0.00548. The molecule has 9 heteroatoms. The van der Waals surface area contributed by atoms with E-state index in [0.717, 1.165) is 47.6 Å². The molecule has 2 aromatic heterocycles. The number of aryl methyl sites for hydroxylation is 1. The Bertz CT molecular complexity index is 1250. The lowest BCUT2D eigenvalue weighted by Gasteiger charge is -2.21. The van der Waals surface area contributed by atoms with Gasteiger partial charge in [-0.3, -0.25) is 0 Å². The van der Waals surface area contributed by atoms with E-state index in [1.165, 1.54) is 5.56 Å². The molecular formula is C24H27N7O2. The molecule has 2 aliphatic rings. The van der Waals surface area contributed by atoms with Crippen molar-refractivity contribution in [3.63, 3.8) is 0 Å². The number of benzene rings is 1. The van der Waals surface area contributed by atoms with Gasteiger partial charge in [0.05, 0.1) is 42.4 Å². The first-order valence-corrected chi connectivity index (χ1v) is 11.2. The number of nitrogens with one attached hydrogen (secondary N) is 2. The van der Waals surface area contributed by atoms with Crippen LogP contribution in [-0.2, 0) is 29.5 Å². The molecule has 0 spiro atoms. The molecule has 3 aromatic rings. The van der Waals surface area contributed by atoms with E-state index in [0.29, 0.717) is 36.9 Å². The molecule has 1 aliphatic carbocycles. The first-order valence-electron chi connectivity index (χ1n) is 11.2. The summed E-state index contributed by atoms with van der Waals surface area (Å²) >= 11 is 0. The Morgan fingerprint density at radius 2 is 2.24 bits per heavy atom. The van der Waals surface area contributed by atoms with Gasteiger partial charge in [0, 0.05) is 36.4 Å². The number of ether oxygens (including phenoxy) is 1. The maximum atomic E-state index is 9.97. The van der Waals surface area contributed by atoms with Crippen LogP contribution in [0, 0.1) is 11.3 Å². The Morgan fingerprint density at radius 1 is 1.36 bits per heavy atom. The number of rotatable bonds is 7. The highest BCUT2D eigenvalue weighted by Crippen LogP contribution is 2.41. The number of hydrogen-bond donors (Lipinski definition) is 3. The summed E-state index contributed by atoms with van der Waals surface area (Å²) < 4.78 is 7.18. The molecular weight excluding hydrogens is 418 g/mol. The number of nitrogens with zero attached hydrogens (tertiary/aromatic N) is 5. The molecule has 1 aliphatic heterocycles. The molecule has 0 bridgehead atoms. The Kier molecular flexibility index (Phi) is 5.48. The van der Waals surface area contributed by atoms with E-state index < -0.39 is 5.41 Å². The van der Waals surface area contributed by atoms with E-state index in [2.05, 4.69) is 21.7 Å². The van der Waals surface area contributed by atoms with Crippen LogP contribution in [0.4, 0.5) is 17.5 Å². The molecule has 170 valence electrons.